The molecule has 0 aromatic heterocycles. The molecule has 16 nitrogen and oxygen atoms in total. The molecule has 4 aromatic rings. The number of carbonyl (C=O) groups excluding carboxylic acids is 1. The van der Waals surface area contributed by atoms with Gasteiger partial charge in [0.1, 0.15) is 35.7 Å². The minimum Gasteiger partial charge on any atom is -0.459 e. The molecule has 1 fully saturated rings. The highest BCUT2D eigenvalue weighted by molar-refractivity contribution is 6.03. The Balaban J connectivity index is 1.44. The van der Waals surface area contributed by atoms with Crippen LogP contribution in [0, 0.1) is 43.8 Å². The first-order valence-corrected chi connectivity index (χ1v) is 22.5. The van der Waals surface area contributed by atoms with Crippen LogP contribution < -0.4 is 9.47 Å². The van der Waals surface area contributed by atoms with Gasteiger partial charge in [-0.1, -0.05) is 48.3 Å². The Bertz CT molecular complexity index is 2450. The van der Waals surface area contributed by atoms with Crippen LogP contribution in [0.4, 0.5) is 20.6 Å². The number of nitrogens with zero attached hydrogens (tertiary/aromatic N) is 4. The van der Waals surface area contributed by atoms with Crippen LogP contribution in [-0.2, 0) is 27.5 Å². The topological polar surface area (TPSA) is 206 Å². The molecular formula is C50H55FN4O12. The number of aliphatic hydroxyl groups excluding tert-OH is 2. The van der Waals surface area contributed by atoms with E-state index in [1.165, 1.54) is 41.3 Å². The molecule has 0 unspecified atom stereocenters. The number of carbonyl (C=O) groups is 1. The van der Waals surface area contributed by atoms with Crippen molar-refractivity contribution < 1.29 is 53.0 Å². The predicted octanol–water partition coefficient (Wildman–Crippen LogP) is 9.93. The first-order valence-electron chi connectivity index (χ1n) is 22.5. The molecule has 0 radical (unpaired) electrons. The minimum absolute atomic E-state index is 0.00174. The van der Waals surface area contributed by atoms with Gasteiger partial charge in [0.25, 0.3) is 11.4 Å². The number of halogens is 1. The summed E-state index contributed by atoms with van der Waals surface area (Å²) < 4.78 is 40.6. The van der Waals surface area contributed by atoms with Crippen LogP contribution in [-0.4, -0.2) is 75.0 Å². The van der Waals surface area contributed by atoms with Gasteiger partial charge >= 0.3 is 6.09 Å². The minimum atomic E-state index is -1.64. The third-order valence-corrected chi connectivity index (χ3v) is 12.6. The van der Waals surface area contributed by atoms with Crippen molar-refractivity contribution in [2.24, 2.45) is 22.9 Å². The van der Waals surface area contributed by atoms with Gasteiger partial charge in [0.15, 0.2) is 0 Å². The van der Waals surface area contributed by atoms with E-state index in [-0.39, 0.29) is 75.0 Å². The van der Waals surface area contributed by atoms with Crippen molar-refractivity contribution in [1.29, 1.82) is 0 Å². The Morgan fingerprint density at radius 3 is 2.31 bits per heavy atom. The van der Waals surface area contributed by atoms with Gasteiger partial charge < -0.3 is 34.0 Å². The normalized spacial score (nSPS) is 22.1. The fourth-order valence-electron chi connectivity index (χ4n) is 9.70. The molecule has 67 heavy (non-hydrogen) atoms. The molecule has 4 aromatic carbocycles. The summed E-state index contributed by atoms with van der Waals surface area (Å²) in [6, 6.07) is 22.0. The van der Waals surface area contributed by atoms with Gasteiger partial charge in [-0.3, -0.25) is 25.1 Å². The van der Waals surface area contributed by atoms with Crippen molar-refractivity contribution in [3.63, 3.8) is 0 Å². The summed E-state index contributed by atoms with van der Waals surface area (Å²) in [6.07, 6.45) is 6.99. The Hall–Kier alpha value is -6.69. The number of ether oxygens (including phenoxy) is 4. The second-order valence-electron chi connectivity index (χ2n) is 16.8. The lowest BCUT2D eigenvalue weighted by Crippen LogP contribution is -2.70. The molecule has 2 N–H and O–H groups in total. The lowest BCUT2D eigenvalue weighted by Gasteiger charge is -2.59. The average Bonchev–Trinajstić information content (AvgIpc) is 3.32. The van der Waals surface area contributed by atoms with Crippen LogP contribution in [0.1, 0.15) is 74.5 Å². The zero-order valence-corrected chi connectivity index (χ0v) is 37.2. The van der Waals surface area contributed by atoms with Gasteiger partial charge in [-0.25, -0.2) is 9.18 Å². The first kappa shape index (κ1) is 48.2. The van der Waals surface area contributed by atoms with E-state index in [0.29, 0.717) is 66.9 Å². The maximum absolute atomic E-state index is 14.5. The quantitative estimate of drug-likeness (QED) is 0.0327. The van der Waals surface area contributed by atoms with Crippen molar-refractivity contribution in [3.05, 3.63) is 158 Å². The highest BCUT2D eigenvalue weighted by atomic mass is 19.1. The maximum Gasteiger partial charge on any atom is 0.410 e. The molecular weight excluding hydrogens is 868 g/mol. The number of benzene rings is 4. The van der Waals surface area contributed by atoms with Crippen molar-refractivity contribution in [1.82, 2.24) is 4.90 Å². The van der Waals surface area contributed by atoms with Crippen LogP contribution in [0.3, 0.4) is 0 Å². The van der Waals surface area contributed by atoms with Gasteiger partial charge in [-0.2, -0.15) is 0 Å². The number of unbranched alkanes of at least 4 members (excludes halogenated alkanes) is 2. The second-order valence-corrected chi connectivity index (χ2v) is 16.8. The summed E-state index contributed by atoms with van der Waals surface area (Å²) in [5, 5.41) is 47.8. The largest absolute Gasteiger partial charge is 0.459 e. The number of fused-ring (bicyclic) bond motifs is 2. The van der Waals surface area contributed by atoms with Gasteiger partial charge in [0.2, 0.25) is 5.79 Å². The second kappa shape index (κ2) is 22.2. The Labute approximate surface area is 387 Å². The van der Waals surface area contributed by atoms with Crippen LogP contribution >= 0.6 is 0 Å². The number of oxime groups is 1. The Kier molecular flexibility index (Phi) is 16.0. The molecule has 17 heteroatoms. The Morgan fingerprint density at radius 1 is 0.925 bits per heavy atom. The van der Waals surface area contributed by atoms with Crippen LogP contribution in [0.25, 0.3) is 0 Å². The smallest absolute Gasteiger partial charge is 0.410 e. The summed E-state index contributed by atoms with van der Waals surface area (Å²) in [7, 11) is 0. The molecule has 6 atom stereocenters. The molecule has 0 bridgehead atoms. The number of amides is 1. The van der Waals surface area contributed by atoms with Gasteiger partial charge in [0.05, 0.1) is 40.8 Å². The summed E-state index contributed by atoms with van der Waals surface area (Å²) in [6.45, 7) is 5.65. The average molecular weight is 923 g/mol. The standard InChI is InChI=1S/C50H55FN4O12/c1-3-26-64-50-46(53(49(58)63-4-2)31-33-14-18-36(51)19-15-33)30-44(52-65-32-34-16-20-37(21-17-34)54(59)60)42-27-35(10-5-7-24-56)41(13-6-8-25-57)47(48(42)50)43-29-40(22-23-45(43)67-50)66-39-12-9-11-38(28-39)55(61)62/h3,9,11-12,14-23,27-29,35,41,46-48,56-57H,1,4-8,10,13,24-26,30-32H2,2H3/t35-,41+,46-,47+,48+,50+/m0/s1. The van der Waals surface area contributed by atoms with Crippen LogP contribution in [0.2, 0.25) is 0 Å². The third kappa shape index (κ3) is 11.0. The van der Waals surface area contributed by atoms with E-state index in [1.807, 2.05) is 6.07 Å². The van der Waals surface area contributed by atoms with E-state index >= 15 is 0 Å². The number of nitro groups is 2. The summed E-state index contributed by atoms with van der Waals surface area (Å²) in [5.41, 5.74) is 3.02. The Morgan fingerprint density at radius 2 is 1.63 bits per heavy atom. The number of rotatable bonds is 22. The molecule has 2 aliphatic carbocycles. The van der Waals surface area contributed by atoms with E-state index in [1.54, 1.807) is 61.5 Å². The van der Waals surface area contributed by atoms with Crippen molar-refractivity contribution in [2.45, 2.75) is 82.8 Å². The first-order chi connectivity index (χ1) is 32.5. The highest BCUT2D eigenvalue weighted by Crippen LogP contribution is 2.62. The van der Waals surface area contributed by atoms with Gasteiger partial charge in [-0.05, 0) is 110 Å². The lowest BCUT2D eigenvalue weighted by atomic mass is 9.55. The van der Waals surface area contributed by atoms with Crippen LogP contribution in [0.5, 0.6) is 17.2 Å². The molecule has 1 heterocycles. The fourth-order valence-corrected chi connectivity index (χ4v) is 9.70. The molecule has 0 spiro atoms. The molecule has 3 aliphatic rings. The SMILES string of the molecule is C=CCO[C@@]12Oc3ccc(Oc4cccc([N+](=O)[O-])c4)cc3[C@H]3[C@H](CCCCO)[C@@H](CCCCO)C=C(C(=NOCc4ccc([N+](=O)[O-])cc4)C[C@@H]1N(Cc1ccc(F)cc1)C(=O)OCC)[C@H]32. The van der Waals surface area contributed by atoms with Crippen LogP contribution in [0.15, 0.2) is 120 Å². The number of hydrogen-bond donors (Lipinski definition) is 2. The molecule has 1 saturated carbocycles. The van der Waals surface area contributed by atoms with Gasteiger partial charge in [0, 0.05) is 55.9 Å². The van der Waals surface area contributed by atoms with E-state index < -0.39 is 45.4 Å². The van der Waals surface area contributed by atoms with E-state index in [0.717, 1.165) is 11.1 Å². The monoisotopic (exact) mass is 922 g/mol. The number of nitro benzene ring substituents is 2. The predicted molar refractivity (Wildman–Crippen MR) is 245 cm³/mol. The highest BCUT2D eigenvalue weighted by Gasteiger charge is 2.65. The molecule has 1 amide bonds. The zero-order valence-electron chi connectivity index (χ0n) is 37.2. The molecule has 0 saturated heterocycles. The van der Waals surface area contributed by atoms with E-state index in [2.05, 4.69) is 12.7 Å². The van der Waals surface area contributed by atoms with Gasteiger partial charge in [-0.15, -0.1) is 6.58 Å². The van der Waals surface area contributed by atoms with Crippen molar-refractivity contribution in [2.75, 3.05) is 26.4 Å². The number of hydrogen-bond acceptors (Lipinski definition) is 13. The fraction of sp³-hybridized carbons (Fsp3) is 0.400. The van der Waals surface area contributed by atoms with Crippen molar-refractivity contribution >= 4 is 23.2 Å². The third-order valence-electron chi connectivity index (χ3n) is 12.6. The molecule has 354 valence electrons. The summed E-state index contributed by atoms with van der Waals surface area (Å²) in [5.74, 6) is -2.36. The van der Waals surface area contributed by atoms with E-state index in [9.17, 15) is 39.6 Å². The summed E-state index contributed by atoms with van der Waals surface area (Å²) >= 11 is 0. The number of allylic oxidation sites excluding steroid dienone is 1. The molecule has 7 rings (SSSR count). The summed E-state index contributed by atoms with van der Waals surface area (Å²) in [4.78, 5) is 44.2. The maximum atomic E-state index is 14.5. The number of non-ortho nitro benzene ring substituents is 2. The van der Waals surface area contributed by atoms with Crippen molar-refractivity contribution in [3.8, 4) is 17.2 Å². The zero-order chi connectivity index (χ0) is 47.5. The lowest BCUT2D eigenvalue weighted by molar-refractivity contribution is -0.385. The molecule has 1 aliphatic heterocycles. The number of aliphatic hydroxyl groups is 2. The van der Waals surface area contributed by atoms with E-state index in [4.69, 9.17) is 28.9 Å².